The lowest BCUT2D eigenvalue weighted by atomic mass is 10.1. The second kappa shape index (κ2) is 7.76. The normalized spacial score (nSPS) is 16.6. The number of nitrogens with zero attached hydrogens (tertiary/aromatic N) is 1. The molecule has 0 spiro atoms. The number of hydrogen-bond donors (Lipinski definition) is 0. The van der Waals surface area contributed by atoms with Gasteiger partial charge in [-0.2, -0.15) is 0 Å². The average Bonchev–Trinajstić information content (AvgIpc) is 2.44. The second-order valence-corrected chi connectivity index (χ2v) is 8.18. The van der Waals surface area contributed by atoms with Crippen LogP contribution in [0.1, 0.15) is 33.6 Å². The molecule has 0 aliphatic carbocycles. The number of hydrogen-bond acceptors (Lipinski definition) is 4. The van der Waals surface area contributed by atoms with Crippen LogP contribution in [0.15, 0.2) is 29.2 Å². The fourth-order valence-electron chi connectivity index (χ4n) is 2.42. The van der Waals surface area contributed by atoms with Crippen LogP contribution in [0.25, 0.3) is 0 Å². The van der Waals surface area contributed by atoms with Crippen LogP contribution in [0, 0.1) is 0 Å². The van der Waals surface area contributed by atoms with E-state index in [1.165, 1.54) is 23.9 Å². The Morgan fingerprint density at radius 1 is 1.20 bits per heavy atom. The van der Waals surface area contributed by atoms with Crippen molar-refractivity contribution in [3.05, 3.63) is 24.3 Å². The third-order valence-corrected chi connectivity index (χ3v) is 4.77. The van der Waals surface area contributed by atoms with Gasteiger partial charge in [0.05, 0.1) is 0 Å². The summed E-state index contributed by atoms with van der Waals surface area (Å²) in [5.74, 6) is -0.219. The lowest BCUT2D eigenvalue weighted by Gasteiger charge is -2.33. The van der Waals surface area contributed by atoms with Crippen molar-refractivity contribution < 1.29 is 27.4 Å². The number of likely N-dealkylation sites (tertiary alicyclic amines) is 1. The van der Waals surface area contributed by atoms with Crippen molar-refractivity contribution in [3.63, 3.8) is 0 Å². The van der Waals surface area contributed by atoms with Gasteiger partial charge in [-0.25, -0.2) is 4.79 Å². The number of ether oxygens (including phenoxy) is 2. The van der Waals surface area contributed by atoms with Crippen LogP contribution in [-0.4, -0.2) is 41.3 Å². The Hall–Kier alpha value is -1.57. The Kier molecular flexibility index (Phi) is 6.13. The van der Waals surface area contributed by atoms with Gasteiger partial charge in [0.25, 0.3) is 0 Å². The van der Waals surface area contributed by atoms with E-state index in [0.717, 1.165) is 17.7 Å². The van der Waals surface area contributed by atoms with E-state index in [9.17, 15) is 18.0 Å². The monoisotopic (exact) mass is 377 g/mol. The smallest absolute Gasteiger partial charge is 0.444 e. The highest BCUT2D eigenvalue weighted by molar-refractivity contribution is 8.00. The van der Waals surface area contributed by atoms with Crippen molar-refractivity contribution in [2.24, 2.45) is 0 Å². The highest BCUT2D eigenvalue weighted by atomic mass is 32.2. The number of amides is 1. The first-order chi connectivity index (χ1) is 11.5. The molecule has 1 saturated heterocycles. The van der Waals surface area contributed by atoms with Crippen LogP contribution in [0.3, 0.4) is 0 Å². The molecule has 1 fully saturated rings. The Morgan fingerprint density at radius 3 is 2.40 bits per heavy atom. The molecule has 0 radical (unpaired) electrons. The summed E-state index contributed by atoms with van der Waals surface area (Å²) in [6.07, 6.45) is -3.50. The van der Waals surface area contributed by atoms with Crippen molar-refractivity contribution in [2.45, 2.75) is 55.7 Å². The number of piperidine rings is 1. The minimum Gasteiger partial charge on any atom is -0.444 e. The van der Waals surface area contributed by atoms with Gasteiger partial charge in [0, 0.05) is 23.2 Å². The van der Waals surface area contributed by atoms with E-state index in [1.807, 2.05) is 20.8 Å². The van der Waals surface area contributed by atoms with Gasteiger partial charge < -0.3 is 14.4 Å². The molecule has 140 valence electrons. The van der Waals surface area contributed by atoms with Crippen LogP contribution >= 0.6 is 11.8 Å². The summed E-state index contributed by atoms with van der Waals surface area (Å²) in [4.78, 5) is 14.4. The first-order valence-electron chi connectivity index (χ1n) is 8.02. The summed E-state index contributed by atoms with van der Waals surface area (Å²) in [6, 6.07) is 5.97. The maximum Gasteiger partial charge on any atom is 0.573 e. The Labute approximate surface area is 149 Å². The molecule has 25 heavy (non-hydrogen) atoms. The largest absolute Gasteiger partial charge is 0.573 e. The summed E-state index contributed by atoms with van der Waals surface area (Å²) in [7, 11) is 0. The van der Waals surface area contributed by atoms with Crippen LogP contribution in [0.5, 0.6) is 5.75 Å². The van der Waals surface area contributed by atoms with Crippen LogP contribution in [0.4, 0.5) is 18.0 Å². The van der Waals surface area contributed by atoms with Crippen molar-refractivity contribution in [1.29, 1.82) is 0 Å². The van der Waals surface area contributed by atoms with E-state index in [-0.39, 0.29) is 17.1 Å². The van der Waals surface area contributed by atoms with E-state index in [2.05, 4.69) is 4.74 Å². The molecule has 0 aromatic heterocycles. The van der Waals surface area contributed by atoms with Crippen LogP contribution in [0.2, 0.25) is 0 Å². The molecule has 8 heteroatoms. The summed E-state index contributed by atoms with van der Waals surface area (Å²) >= 11 is 1.51. The summed E-state index contributed by atoms with van der Waals surface area (Å²) in [6.45, 7) is 6.62. The van der Waals surface area contributed by atoms with Crippen LogP contribution < -0.4 is 4.74 Å². The van der Waals surface area contributed by atoms with E-state index in [1.54, 1.807) is 17.0 Å². The lowest BCUT2D eigenvalue weighted by Crippen LogP contribution is -2.42. The molecular weight excluding hydrogens is 355 g/mol. The zero-order valence-electron chi connectivity index (χ0n) is 14.4. The second-order valence-electron chi connectivity index (χ2n) is 6.81. The molecule has 4 nitrogen and oxygen atoms in total. The molecule has 2 rings (SSSR count). The molecule has 0 bridgehead atoms. The summed E-state index contributed by atoms with van der Waals surface area (Å²) in [5.41, 5.74) is -0.526. The lowest BCUT2D eigenvalue weighted by molar-refractivity contribution is -0.274. The predicted octanol–water partition coefficient (Wildman–Crippen LogP) is 5.08. The topological polar surface area (TPSA) is 38.8 Å². The number of carbonyl (C=O) groups is 1. The van der Waals surface area contributed by atoms with E-state index < -0.39 is 12.0 Å². The van der Waals surface area contributed by atoms with Gasteiger partial charge in [-0.05, 0) is 51.8 Å². The molecule has 1 aromatic carbocycles. The maximum atomic E-state index is 12.3. The zero-order valence-corrected chi connectivity index (χ0v) is 15.2. The summed E-state index contributed by atoms with van der Waals surface area (Å²) in [5, 5.41) is 0.236. The Balaban J connectivity index is 1.86. The van der Waals surface area contributed by atoms with E-state index >= 15 is 0 Å². The Morgan fingerprint density at radius 2 is 1.84 bits per heavy atom. The van der Waals surface area contributed by atoms with Gasteiger partial charge in [-0.3, -0.25) is 0 Å². The SMILES string of the molecule is CC(C)(C)OC(=O)N1CCC(Sc2cccc(OC(F)(F)F)c2)CC1. The van der Waals surface area contributed by atoms with Crippen molar-refractivity contribution in [3.8, 4) is 5.75 Å². The minimum absolute atomic E-state index is 0.219. The van der Waals surface area contributed by atoms with Crippen molar-refractivity contribution in [2.75, 3.05) is 13.1 Å². The molecule has 0 atom stereocenters. The minimum atomic E-state index is -4.69. The molecule has 0 unspecified atom stereocenters. The molecule has 0 N–H and O–H groups in total. The third-order valence-electron chi connectivity index (χ3n) is 3.44. The average molecular weight is 377 g/mol. The fourth-order valence-corrected chi connectivity index (χ4v) is 3.59. The zero-order chi connectivity index (χ0) is 18.7. The first kappa shape index (κ1) is 19.8. The molecule has 1 heterocycles. The van der Waals surface area contributed by atoms with Gasteiger partial charge in [0.15, 0.2) is 0 Å². The van der Waals surface area contributed by atoms with Gasteiger partial charge in [-0.1, -0.05) is 6.07 Å². The van der Waals surface area contributed by atoms with Crippen molar-refractivity contribution >= 4 is 17.9 Å². The number of alkyl halides is 3. The van der Waals surface area contributed by atoms with Gasteiger partial charge in [0.1, 0.15) is 11.4 Å². The number of halogens is 3. The molecular formula is C17H22F3NO3S. The number of carbonyl (C=O) groups excluding carboxylic acids is 1. The maximum absolute atomic E-state index is 12.3. The molecule has 1 amide bonds. The van der Waals surface area contributed by atoms with Gasteiger partial charge >= 0.3 is 12.5 Å². The third kappa shape index (κ3) is 7.05. The Bertz CT molecular complexity index is 594. The molecule has 0 saturated carbocycles. The highest BCUT2D eigenvalue weighted by Crippen LogP contribution is 2.33. The quantitative estimate of drug-likeness (QED) is 0.737. The summed E-state index contributed by atoms with van der Waals surface area (Å²) < 4.78 is 46.2. The predicted molar refractivity (Wildman–Crippen MR) is 89.8 cm³/mol. The molecule has 1 aliphatic heterocycles. The van der Waals surface area contributed by atoms with Crippen LogP contribution in [-0.2, 0) is 4.74 Å². The molecule has 1 aliphatic rings. The number of thioether (sulfide) groups is 1. The van der Waals surface area contributed by atoms with Crippen molar-refractivity contribution in [1.82, 2.24) is 4.90 Å². The van der Waals surface area contributed by atoms with Gasteiger partial charge in [-0.15, -0.1) is 24.9 Å². The highest BCUT2D eigenvalue weighted by Gasteiger charge is 2.31. The van der Waals surface area contributed by atoms with E-state index in [0.29, 0.717) is 13.1 Å². The van der Waals surface area contributed by atoms with Gasteiger partial charge in [0.2, 0.25) is 0 Å². The first-order valence-corrected chi connectivity index (χ1v) is 8.90. The standard InChI is InChI=1S/C17H22F3NO3S/c1-16(2,3)24-15(22)21-9-7-13(8-10-21)25-14-6-4-5-12(11-14)23-17(18,19)20/h4-6,11,13H,7-10H2,1-3H3. The number of rotatable bonds is 3. The molecule has 1 aromatic rings. The van der Waals surface area contributed by atoms with E-state index in [4.69, 9.17) is 4.74 Å². The number of benzene rings is 1. The fraction of sp³-hybridized carbons (Fsp3) is 0.588.